The van der Waals surface area contributed by atoms with E-state index in [2.05, 4.69) is 4.74 Å². The molecule has 0 N–H and O–H groups in total. The molecule has 0 saturated heterocycles. The average molecular weight is 264 g/mol. The Kier molecular flexibility index (Phi) is 2.25. The van der Waals surface area contributed by atoms with Gasteiger partial charge in [-0.3, -0.25) is 4.79 Å². The minimum atomic E-state index is -0.747. The van der Waals surface area contributed by atoms with Gasteiger partial charge in [0.1, 0.15) is 11.1 Å². The summed E-state index contributed by atoms with van der Waals surface area (Å²) >= 11 is 0. The van der Waals surface area contributed by atoms with Gasteiger partial charge in [0.05, 0.1) is 7.11 Å². The van der Waals surface area contributed by atoms with Crippen molar-refractivity contribution in [2.24, 2.45) is 0 Å². The van der Waals surface area contributed by atoms with Crippen molar-refractivity contribution in [2.75, 3.05) is 7.11 Å². The molecule has 1 aliphatic heterocycles. The molecule has 0 aliphatic carbocycles. The van der Waals surface area contributed by atoms with Gasteiger partial charge in [-0.05, 0) is 0 Å². The molecule has 0 aromatic carbocycles. The molecule has 98 valence electrons. The molecule has 0 amide bonds. The first-order valence-electron chi connectivity index (χ1n) is 5.51. The molecule has 3 heterocycles. The third kappa shape index (κ3) is 1.35. The lowest BCUT2D eigenvalue weighted by molar-refractivity contribution is -0.134. The number of esters is 3. The van der Waals surface area contributed by atoms with Crippen LogP contribution in [0.25, 0.3) is 11.2 Å². The molecular formula is C12H8O7. The fraction of sp³-hybridized carbons (Fsp3) is 0.250. The molecule has 3 rings (SSSR count). The molecule has 0 saturated carbocycles. The maximum Gasteiger partial charge on any atom is 0.348 e. The molecule has 2 aromatic heterocycles. The van der Waals surface area contributed by atoms with E-state index in [-0.39, 0.29) is 40.2 Å². The highest BCUT2D eigenvalue weighted by atomic mass is 16.6. The number of methoxy groups -OCH3 is 1. The van der Waals surface area contributed by atoms with Gasteiger partial charge < -0.3 is 18.6 Å². The van der Waals surface area contributed by atoms with E-state index >= 15 is 0 Å². The maximum atomic E-state index is 11.7. The van der Waals surface area contributed by atoms with Crippen LogP contribution >= 0.6 is 0 Å². The van der Waals surface area contributed by atoms with Crippen molar-refractivity contribution < 1.29 is 33.0 Å². The predicted octanol–water partition coefficient (Wildman–Crippen LogP) is 1.51. The second-order valence-corrected chi connectivity index (χ2v) is 3.88. The molecule has 7 nitrogen and oxygen atoms in total. The van der Waals surface area contributed by atoms with Crippen LogP contribution in [-0.4, -0.2) is 25.0 Å². The molecule has 2 aromatic rings. The Balaban J connectivity index is 2.19. The maximum absolute atomic E-state index is 11.7. The second kappa shape index (κ2) is 3.71. The largest absolute Gasteiger partial charge is 0.465 e. The SMILES string of the molecule is CCC(=O)Oc1c2c3oc1c(C(=O)OC)c3C(=O)O2. The van der Waals surface area contributed by atoms with Gasteiger partial charge in [-0.1, -0.05) is 6.92 Å². The lowest BCUT2D eigenvalue weighted by atomic mass is 10.1. The van der Waals surface area contributed by atoms with Gasteiger partial charge in [0, 0.05) is 6.42 Å². The van der Waals surface area contributed by atoms with Crippen LogP contribution in [-0.2, 0) is 9.53 Å². The lowest BCUT2D eigenvalue weighted by Gasteiger charge is -2.02. The molecule has 2 bridgehead atoms. The Morgan fingerprint density at radius 3 is 2.63 bits per heavy atom. The topological polar surface area (TPSA) is 92.0 Å². The standard InChI is InChI=1S/C12H8O7/c1-3-4(13)17-9-7-5(11(14)16-2)6-8(18-7)10(9)19-12(6)15/h3H2,1-2H3. The first-order chi connectivity index (χ1) is 9.08. The van der Waals surface area contributed by atoms with Gasteiger partial charge in [0.2, 0.25) is 11.5 Å². The quantitative estimate of drug-likeness (QED) is 0.612. The van der Waals surface area contributed by atoms with Crippen molar-refractivity contribution in [3.63, 3.8) is 0 Å². The molecule has 19 heavy (non-hydrogen) atoms. The van der Waals surface area contributed by atoms with Crippen molar-refractivity contribution in [3.8, 4) is 11.5 Å². The Bertz CT molecular complexity index is 709. The van der Waals surface area contributed by atoms with Gasteiger partial charge >= 0.3 is 17.9 Å². The number of carbonyl (C=O) groups is 3. The fourth-order valence-electron chi connectivity index (χ4n) is 1.96. The van der Waals surface area contributed by atoms with Crippen LogP contribution in [0.3, 0.4) is 0 Å². The number of hydrogen-bond acceptors (Lipinski definition) is 7. The third-order valence-corrected chi connectivity index (χ3v) is 2.82. The van der Waals surface area contributed by atoms with Gasteiger partial charge in [0.15, 0.2) is 11.2 Å². The van der Waals surface area contributed by atoms with Crippen LogP contribution in [0, 0.1) is 0 Å². The molecule has 0 atom stereocenters. The zero-order chi connectivity index (χ0) is 13.7. The molecule has 1 aliphatic rings. The van der Waals surface area contributed by atoms with Gasteiger partial charge in [-0.15, -0.1) is 0 Å². The summed E-state index contributed by atoms with van der Waals surface area (Å²) in [6, 6.07) is 0. The minimum Gasteiger partial charge on any atom is -0.465 e. The predicted molar refractivity (Wildman–Crippen MR) is 59.6 cm³/mol. The Hall–Kier alpha value is -2.57. The van der Waals surface area contributed by atoms with E-state index in [1.165, 1.54) is 7.11 Å². The average Bonchev–Trinajstić information content (AvgIpc) is 3.00. The molecule has 0 radical (unpaired) electrons. The van der Waals surface area contributed by atoms with Crippen LogP contribution in [0.1, 0.15) is 34.1 Å². The summed E-state index contributed by atoms with van der Waals surface area (Å²) in [5, 5.41) is 0. The fourth-order valence-corrected chi connectivity index (χ4v) is 1.96. The highest BCUT2D eigenvalue weighted by molar-refractivity contribution is 6.20. The smallest absolute Gasteiger partial charge is 0.348 e. The van der Waals surface area contributed by atoms with Crippen molar-refractivity contribution in [1.82, 2.24) is 0 Å². The van der Waals surface area contributed by atoms with Crippen LogP contribution in [0.2, 0.25) is 0 Å². The summed E-state index contributed by atoms with van der Waals surface area (Å²) in [6.45, 7) is 1.61. The van der Waals surface area contributed by atoms with E-state index in [1.54, 1.807) is 6.92 Å². The minimum absolute atomic E-state index is 0.000463. The van der Waals surface area contributed by atoms with Crippen LogP contribution in [0.15, 0.2) is 4.42 Å². The highest BCUT2D eigenvalue weighted by Gasteiger charge is 2.43. The second-order valence-electron chi connectivity index (χ2n) is 3.88. The Morgan fingerprint density at radius 1 is 1.26 bits per heavy atom. The number of ether oxygens (including phenoxy) is 3. The summed E-state index contributed by atoms with van der Waals surface area (Å²) in [5.41, 5.74) is 0.0644. The van der Waals surface area contributed by atoms with Crippen LogP contribution < -0.4 is 9.47 Å². The molecule has 0 spiro atoms. The summed E-state index contributed by atoms with van der Waals surface area (Å²) in [4.78, 5) is 34.7. The van der Waals surface area contributed by atoms with Crippen molar-refractivity contribution in [3.05, 3.63) is 11.1 Å². The third-order valence-electron chi connectivity index (χ3n) is 2.82. The van der Waals surface area contributed by atoms with Gasteiger partial charge in [-0.25, -0.2) is 9.59 Å². The van der Waals surface area contributed by atoms with Crippen molar-refractivity contribution >= 4 is 29.1 Å². The number of hydrogen-bond donors (Lipinski definition) is 0. The van der Waals surface area contributed by atoms with Crippen molar-refractivity contribution in [1.29, 1.82) is 0 Å². The van der Waals surface area contributed by atoms with E-state index in [0.717, 1.165) is 0 Å². The number of rotatable bonds is 3. The summed E-state index contributed by atoms with van der Waals surface area (Å²) in [7, 11) is 1.18. The van der Waals surface area contributed by atoms with Crippen molar-refractivity contribution in [2.45, 2.75) is 13.3 Å². The first kappa shape index (κ1) is 11.5. The lowest BCUT2D eigenvalue weighted by Crippen LogP contribution is -2.08. The molecule has 7 heteroatoms. The van der Waals surface area contributed by atoms with E-state index in [1.807, 2.05) is 0 Å². The summed E-state index contributed by atoms with van der Waals surface area (Å²) in [5.74, 6) is -1.99. The first-order valence-corrected chi connectivity index (χ1v) is 5.51. The summed E-state index contributed by atoms with van der Waals surface area (Å²) < 4.78 is 19.8. The normalized spacial score (nSPS) is 12.8. The monoisotopic (exact) mass is 264 g/mol. The molecule has 0 fully saturated rings. The van der Waals surface area contributed by atoms with Crippen LogP contribution in [0.4, 0.5) is 0 Å². The Morgan fingerprint density at radius 2 is 2.00 bits per heavy atom. The zero-order valence-electron chi connectivity index (χ0n) is 10.1. The van der Waals surface area contributed by atoms with Crippen LogP contribution in [0.5, 0.6) is 11.5 Å². The molecular weight excluding hydrogens is 256 g/mol. The zero-order valence-corrected chi connectivity index (χ0v) is 10.1. The molecule has 0 unspecified atom stereocenters. The van der Waals surface area contributed by atoms with E-state index in [4.69, 9.17) is 13.9 Å². The van der Waals surface area contributed by atoms with E-state index < -0.39 is 17.9 Å². The Labute approximate surface area is 106 Å². The van der Waals surface area contributed by atoms with Gasteiger partial charge in [0.25, 0.3) is 0 Å². The highest BCUT2D eigenvalue weighted by Crippen LogP contribution is 2.52. The number of furan rings is 2. The number of benzene rings is 1. The van der Waals surface area contributed by atoms with Gasteiger partial charge in [-0.2, -0.15) is 0 Å². The number of fused-ring (bicyclic) bond motifs is 1. The summed E-state index contributed by atoms with van der Waals surface area (Å²) in [6.07, 6.45) is 0.136. The van der Waals surface area contributed by atoms with E-state index in [0.29, 0.717) is 0 Å². The number of carbonyl (C=O) groups excluding carboxylic acids is 3. The van der Waals surface area contributed by atoms with E-state index in [9.17, 15) is 14.4 Å².